The van der Waals surface area contributed by atoms with Crippen molar-refractivity contribution in [3.05, 3.63) is 23.2 Å². The fourth-order valence-corrected chi connectivity index (χ4v) is 1.51. The van der Waals surface area contributed by atoms with Crippen molar-refractivity contribution in [2.75, 3.05) is 13.1 Å². The molecule has 100 valence electrons. The third-order valence-electron chi connectivity index (χ3n) is 2.45. The molecule has 0 saturated heterocycles. The highest BCUT2D eigenvalue weighted by Gasteiger charge is 2.12. The summed E-state index contributed by atoms with van der Waals surface area (Å²) in [6, 6.07) is 1.50. The van der Waals surface area contributed by atoms with Crippen LogP contribution in [0.25, 0.3) is 0 Å². The van der Waals surface area contributed by atoms with Crippen molar-refractivity contribution in [3.8, 4) is 0 Å². The van der Waals surface area contributed by atoms with Crippen molar-refractivity contribution >= 4 is 11.9 Å². The maximum atomic E-state index is 11.2. The summed E-state index contributed by atoms with van der Waals surface area (Å²) in [7, 11) is 0. The lowest BCUT2D eigenvalue weighted by Gasteiger charge is -2.04. The number of carbonyl (C=O) groups is 2. The van der Waals surface area contributed by atoms with Crippen LogP contribution in [0.3, 0.4) is 0 Å². The summed E-state index contributed by atoms with van der Waals surface area (Å²) < 4.78 is 5.07. The Morgan fingerprint density at radius 1 is 1.44 bits per heavy atom. The monoisotopic (exact) mass is 254 g/mol. The zero-order chi connectivity index (χ0) is 13.5. The van der Waals surface area contributed by atoms with Gasteiger partial charge in [-0.1, -0.05) is 0 Å². The van der Waals surface area contributed by atoms with Gasteiger partial charge in [-0.2, -0.15) is 0 Å². The topological polar surface area (TPSA) is 91.6 Å². The lowest BCUT2D eigenvalue weighted by Crippen LogP contribution is -2.27. The third-order valence-corrected chi connectivity index (χ3v) is 2.45. The van der Waals surface area contributed by atoms with E-state index in [-0.39, 0.29) is 11.7 Å². The summed E-state index contributed by atoms with van der Waals surface area (Å²) in [6.07, 6.45) is 0.399. The second-order valence-electron chi connectivity index (χ2n) is 3.88. The van der Waals surface area contributed by atoms with Gasteiger partial charge in [0.05, 0.1) is 0 Å². The second-order valence-corrected chi connectivity index (χ2v) is 3.88. The summed E-state index contributed by atoms with van der Waals surface area (Å²) in [5, 5.41) is 14.5. The Kier molecular flexibility index (Phi) is 5.38. The minimum Gasteiger partial charge on any atom is -0.475 e. The first kappa shape index (κ1) is 14.2. The molecule has 0 atom stereocenters. The predicted octanol–water partition coefficient (Wildman–Crippen LogP) is 0.902. The standard InChI is InChI=1S/C12H18N2O4/c1-3-14-11(15)4-5-13-7-9-6-10(12(16)17)18-8(9)2/h6,13H,3-5,7H2,1-2H3,(H,14,15)(H,16,17). The van der Waals surface area contributed by atoms with Gasteiger partial charge in [-0.05, 0) is 19.9 Å². The highest BCUT2D eigenvalue weighted by atomic mass is 16.4. The summed E-state index contributed by atoms with van der Waals surface area (Å²) >= 11 is 0. The first-order chi connectivity index (χ1) is 8.54. The summed E-state index contributed by atoms with van der Waals surface area (Å²) in [5.74, 6) is -0.558. The summed E-state index contributed by atoms with van der Waals surface area (Å²) in [5.41, 5.74) is 0.795. The highest BCUT2D eigenvalue weighted by molar-refractivity contribution is 5.84. The quantitative estimate of drug-likeness (QED) is 0.629. The Hall–Kier alpha value is -1.82. The van der Waals surface area contributed by atoms with Gasteiger partial charge in [0.15, 0.2) is 0 Å². The fraction of sp³-hybridized carbons (Fsp3) is 0.500. The summed E-state index contributed by atoms with van der Waals surface area (Å²) in [4.78, 5) is 21.9. The average molecular weight is 254 g/mol. The van der Waals surface area contributed by atoms with E-state index in [9.17, 15) is 9.59 Å². The van der Waals surface area contributed by atoms with Crippen molar-refractivity contribution in [2.24, 2.45) is 0 Å². The molecule has 0 spiro atoms. The first-order valence-corrected chi connectivity index (χ1v) is 5.84. The van der Waals surface area contributed by atoms with Crippen LogP contribution >= 0.6 is 0 Å². The Bertz CT molecular complexity index is 426. The number of carboxylic acid groups (broad SMARTS) is 1. The maximum absolute atomic E-state index is 11.2. The summed E-state index contributed by atoms with van der Waals surface area (Å²) in [6.45, 7) is 5.24. The van der Waals surface area contributed by atoms with Crippen LogP contribution in [0.5, 0.6) is 0 Å². The largest absolute Gasteiger partial charge is 0.475 e. The molecular formula is C12H18N2O4. The van der Waals surface area contributed by atoms with Crippen LogP contribution in [0.15, 0.2) is 10.5 Å². The molecule has 3 N–H and O–H groups in total. The van der Waals surface area contributed by atoms with Crippen molar-refractivity contribution in [3.63, 3.8) is 0 Å². The van der Waals surface area contributed by atoms with Gasteiger partial charge in [0.1, 0.15) is 5.76 Å². The van der Waals surface area contributed by atoms with E-state index < -0.39 is 5.97 Å². The van der Waals surface area contributed by atoms with Crippen LogP contribution in [0.4, 0.5) is 0 Å². The Labute approximate surface area is 105 Å². The van der Waals surface area contributed by atoms with Crippen molar-refractivity contribution in [1.29, 1.82) is 0 Å². The molecule has 0 saturated carbocycles. The molecule has 1 heterocycles. The van der Waals surface area contributed by atoms with Crippen LogP contribution in [0, 0.1) is 6.92 Å². The van der Waals surface area contributed by atoms with Gasteiger partial charge in [0, 0.05) is 31.6 Å². The van der Waals surface area contributed by atoms with Gasteiger partial charge in [-0.3, -0.25) is 4.79 Å². The zero-order valence-electron chi connectivity index (χ0n) is 10.6. The number of aromatic carboxylic acids is 1. The lowest BCUT2D eigenvalue weighted by molar-refractivity contribution is -0.120. The molecule has 0 aliphatic heterocycles. The molecule has 1 amide bonds. The van der Waals surface area contributed by atoms with E-state index in [2.05, 4.69) is 10.6 Å². The van der Waals surface area contributed by atoms with Crippen LogP contribution in [0.2, 0.25) is 0 Å². The fourth-order valence-electron chi connectivity index (χ4n) is 1.51. The van der Waals surface area contributed by atoms with E-state index in [0.717, 1.165) is 5.56 Å². The van der Waals surface area contributed by atoms with E-state index >= 15 is 0 Å². The molecule has 0 fully saturated rings. The van der Waals surface area contributed by atoms with Crippen molar-refractivity contribution in [1.82, 2.24) is 10.6 Å². The molecule has 6 nitrogen and oxygen atoms in total. The third kappa shape index (κ3) is 4.21. The predicted molar refractivity (Wildman–Crippen MR) is 65.4 cm³/mol. The van der Waals surface area contributed by atoms with E-state index in [4.69, 9.17) is 9.52 Å². The van der Waals surface area contributed by atoms with Gasteiger partial charge in [-0.25, -0.2) is 4.79 Å². The van der Waals surface area contributed by atoms with E-state index in [1.165, 1.54) is 6.07 Å². The number of rotatable bonds is 7. The van der Waals surface area contributed by atoms with Crippen molar-refractivity contribution < 1.29 is 19.1 Å². The average Bonchev–Trinajstić information content (AvgIpc) is 2.67. The number of hydrogen-bond acceptors (Lipinski definition) is 4. The highest BCUT2D eigenvalue weighted by Crippen LogP contribution is 2.14. The molecule has 0 bridgehead atoms. The minimum atomic E-state index is -1.08. The SMILES string of the molecule is CCNC(=O)CCNCc1cc(C(=O)O)oc1C. The van der Waals surface area contributed by atoms with E-state index in [0.29, 0.717) is 31.8 Å². The molecule has 0 unspecified atom stereocenters. The molecule has 1 aromatic heterocycles. The molecule has 6 heteroatoms. The van der Waals surface area contributed by atoms with Gasteiger partial charge in [0.25, 0.3) is 0 Å². The van der Waals surface area contributed by atoms with E-state index in [1.807, 2.05) is 6.92 Å². The van der Waals surface area contributed by atoms with Crippen LogP contribution < -0.4 is 10.6 Å². The van der Waals surface area contributed by atoms with Crippen LogP contribution in [-0.2, 0) is 11.3 Å². The normalized spacial score (nSPS) is 10.3. The molecule has 1 aromatic rings. The number of aryl methyl sites for hydroxylation is 1. The first-order valence-electron chi connectivity index (χ1n) is 5.84. The number of hydrogen-bond donors (Lipinski definition) is 3. The Morgan fingerprint density at radius 2 is 2.17 bits per heavy atom. The second kappa shape index (κ2) is 6.80. The Balaban J connectivity index is 2.35. The molecule has 0 radical (unpaired) electrons. The number of furan rings is 1. The molecule has 18 heavy (non-hydrogen) atoms. The lowest BCUT2D eigenvalue weighted by atomic mass is 10.2. The number of nitrogens with one attached hydrogen (secondary N) is 2. The number of amides is 1. The Morgan fingerprint density at radius 3 is 2.72 bits per heavy atom. The smallest absolute Gasteiger partial charge is 0.371 e. The molecule has 0 aromatic carbocycles. The van der Waals surface area contributed by atoms with Gasteiger partial charge in [0.2, 0.25) is 11.7 Å². The zero-order valence-corrected chi connectivity index (χ0v) is 10.6. The molecule has 1 rings (SSSR count). The van der Waals surface area contributed by atoms with Gasteiger partial charge in [-0.15, -0.1) is 0 Å². The van der Waals surface area contributed by atoms with Gasteiger partial charge < -0.3 is 20.2 Å². The van der Waals surface area contributed by atoms with Crippen molar-refractivity contribution in [2.45, 2.75) is 26.8 Å². The van der Waals surface area contributed by atoms with Crippen LogP contribution in [-0.4, -0.2) is 30.1 Å². The van der Waals surface area contributed by atoms with E-state index in [1.54, 1.807) is 6.92 Å². The van der Waals surface area contributed by atoms with Gasteiger partial charge >= 0.3 is 5.97 Å². The minimum absolute atomic E-state index is 0.000130. The molecule has 0 aliphatic rings. The molecule has 0 aliphatic carbocycles. The molecular weight excluding hydrogens is 236 g/mol. The number of carbonyl (C=O) groups excluding carboxylic acids is 1. The maximum Gasteiger partial charge on any atom is 0.371 e. The number of carboxylic acids is 1. The van der Waals surface area contributed by atoms with Crippen LogP contribution in [0.1, 0.15) is 35.2 Å².